The van der Waals surface area contributed by atoms with Crippen molar-refractivity contribution in [2.45, 2.75) is 11.1 Å². The van der Waals surface area contributed by atoms with Gasteiger partial charge in [0.2, 0.25) is 0 Å². The number of ether oxygens (including phenoxy) is 2. The highest BCUT2D eigenvalue weighted by atomic mass is 32.2. The van der Waals surface area contributed by atoms with Gasteiger partial charge in [0.05, 0.1) is 4.90 Å². The molecule has 0 fully saturated rings. The van der Waals surface area contributed by atoms with Crippen LogP contribution in [0.4, 0.5) is 18.9 Å². The van der Waals surface area contributed by atoms with E-state index in [2.05, 4.69) is 0 Å². The molecule has 0 bridgehead atoms. The first-order valence-electron chi connectivity index (χ1n) is 8.26. The summed E-state index contributed by atoms with van der Waals surface area (Å²) in [5, 5.41) is 1.59. The third-order valence-electron chi connectivity index (χ3n) is 3.78. The highest BCUT2D eigenvalue weighted by molar-refractivity contribution is 7.89. The van der Waals surface area contributed by atoms with Gasteiger partial charge in [-0.05, 0) is 42.5 Å². The molecule has 3 rings (SSSR count). The van der Waals surface area contributed by atoms with Crippen LogP contribution in [0.2, 0.25) is 0 Å². The van der Waals surface area contributed by atoms with E-state index in [-0.39, 0.29) is 16.1 Å². The molecule has 30 heavy (non-hydrogen) atoms. The molecule has 0 aliphatic carbocycles. The first kappa shape index (κ1) is 21.4. The summed E-state index contributed by atoms with van der Waals surface area (Å²) in [6.07, 6.45) is -5.08. The lowest BCUT2D eigenvalue weighted by atomic mass is 10.2. The number of hydrogen-bond acceptors (Lipinski definition) is 6. The minimum Gasteiger partial charge on any atom is -0.486 e. The number of benzene rings is 2. The third kappa shape index (κ3) is 4.99. The Balaban J connectivity index is 1.63. The number of amides is 2. The molecule has 2 aromatic rings. The summed E-state index contributed by atoms with van der Waals surface area (Å²) in [5.74, 6) is -2.17. The van der Waals surface area contributed by atoms with E-state index in [0.717, 1.165) is 24.3 Å². The molecular weight excluding hydrogens is 431 g/mol. The Labute approximate surface area is 168 Å². The molecule has 2 amide bonds. The second-order valence-corrected chi connectivity index (χ2v) is 7.58. The van der Waals surface area contributed by atoms with Crippen LogP contribution in [0.1, 0.15) is 10.4 Å². The number of nitrogens with one attached hydrogen (secondary N) is 3. The number of rotatable bonds is 5. The van der Waals surface area contributed by atoms with Gasteiger partial charge in [0.1, 0.15) is 13.2 Å². The second-order valence-electron chi connectivity index (χ2n) is 5.89. The maximum atomic E-state index is 12.3. The van der Waals surface area contributed by atoms with Crippen molar-refractivity contribution >= 4 is 27.5 Å². The number of halogens is 3. The monoisotopic (exact) mass is 445 g/mol. The lowest BCUT2D eigenvalue weighted by molar-refractivity contribution is -0.167. The van der Waals surface area contributed by atoms with E-state index in [1.807, 2.05) is 10.3 Å². The molecule has 2 aromatic carbocycles. The fourth-order valence-corrected chi connectivity index (χ4v) is 3.19. The molecule has 1 aliphatic heterocycles. The number of fused-ring (bicyclic) bond motifs is 1. The topological polar surface area (TPSA) is 123 Å². The van der Waals surface area contributed by atoms with Gasteiger partial charge in [-0.25, -0.2) is 8.42 Å². The predicted molar refractivity (Wildman–Crippen MR) is 96.3 cm³/mol. The number of sulfonamides is 1. The van der Waals surface area contributed by atoms with Gasteiger partial charge in [-0.3, -0.25) is 15.0 Å². The molecule has 13 heteroatoms. The number of anilines is 1. The summed E-state index contributed by atoms with van der Waals surface area (Å²) in [5.41, 5.74) is 1.87. The standard InChI is InChI=1S/C17H14F3N3O6S/c18-17(19,20)16(25)21-11-2-4-12(5-3-11)30(26,27)23-22-15(24)10-1-6-13-14(9-10)29-8-7-28-13/h1-6,9,23H,7-8H2,(H,21,25)(H,22,24). The first-order chi connectivity index (χ1) is 14.1. The van der Waals surface area contributed by atoms with Gasteiger partial charge >= 0.3 is 12.1 Å². The Morgan fingerprint density at radius 2 is 1.57 bits per heavy atom. The molecule has 0 unspecified atom stereocenters. The molecule has 0 saturated carbocycles. The molecule has 9 nitrogen and oxygen atoms in total. The molecule has 160 valence electrons. The van der Waals surface area contributed by atoms with Gasteiger partial charge in [0.15, 0.2) is 11.5 Å². The average molecular weight is 445 g/mol. The van der Waals surface area contributed by atoms with E-state index in [0.29, 0.717) is 24.7 Å². The lowest BCUT2D eigenvalue weighted by Gasteiger charge is -2.18. The van der Waals surface area contributed by atoms with Crippen LogP contribution in [-0.2, 0) is 14.8 Å². The van der Waals surface area contributed by atoms with Crippen LogP contribution >= 0.6 is 0 Å². The summed E-state index contributed by atoms with van der Waals surface area (Å²) >= 11 is 0. The number of carbonyl (C=O) groups excluding carboxylic acids is 2. The van der Waals surface area contributed by atoms with Crippen molar-refractivity contribution in [3.8, 4) is 11.5 Å². The van der Waals surface area contributed by atoms with Crippen LogP contribution < -0.4 is 25.0 Å². The number of hydrogen-bond donors (Lipinski definition) is 3. The highest BCUT2D eigenvalue weighted by Crippen LogP contribution is 2.30. The van der Waals surface area contributed by atoms with Gasteiger partial charge in [-0.2, -0.15) is 13.2 Å². The highest BCUT2D eigenvalue weighted by Gasteiger charge is 2.38. The average Bonchev–Trinajstić information content (AvgIpc) is 2.71. The second kappa shape index (κ2) is 8.20. The normalized spacial score (nSPS) is 13.4. The number of alkyl halides is 3. The lowest BCUT2D eigenvalue weighted by Crippen LogP contribution is -2.41. The molecule has 0 aromatic heterocycles. The third-order valence-corrected chi connectivity index (χ3v) is 5.05. The van der Waals surface area contributed by atoms with Crippen LogP contribution in [0.5, 0.6) is 11.5 Å². The van der Waals surface area contributed by atoms with Gasteiger partial charge < -0.3 is 14.8 Å². The fourth-order valence-electron chi connectivity index (χ4n) is 2.35. The van der Waals surface area contributed by atoms with Crippen molar-refractivity contribution in [2.75, 3.05) is 18.5 Å². The first-order valence-corrected chi connectivity index (χ1v) is 9.74. The van der Waals surface area contributed by atoms with Crippen molar-refractivity contribution in [1.29, 1.82) is 0 Å². The zero-order chi connectivity index (χ0) is 21.9. The molecular formula is C17H14F3N3O6S. The van der Waals surface area contributed by atoms with Crippen LogP contribution in [0.3, 0.4) is 0 Å². The van der Waals surface area contributed by atoms with Gasteiger partial charge in [0.25, 0.3) is 15.9 Å². The number of carbonyl (C=O) groups is 2. The van der Waals surface area contributed by atoms with Crippen LogP contribution in [-0.4, -0.2) is 39.6 Å². The molecule has 1 heterocycles. The Hall–Kier alpha value is -3.32. The molecule has 3 N–H and O–H groups in total. The zero-order valence-electron chi connectivity index (χ0n) is 14.9. The zero-order valence-corrected chi connectivity index (χ0v) is 15.8. The van der Waals surface area contributed by atoms with Gasteiger partial charge in [0, 0.05) is 11.3 Å². The van der Waals surface area contributed by atoms with Crippen molar-refractivity contribution in [2.24, 2.45) is 0 Å². The molecule has 0 radical (unpaired) electrons. The summed E-state index contributed by atoms with van der Waals surface area (Å²) in [6, 6.07) is 8.17. The summed E-state index contributed by atoms with van der Waals surface area (Å²) < 4.78 is 71.9. The Morgan fingerprint density at radius 1 is 0.933 bits per heavy atom. The molecule has 0 atom stereocenters. The van der Waals surface area contributed by atoms with Crippen molar-refractivity contribution in [3.05, 3.63) is 48.0 Å². The Bertz CT molecular complexity index is 1070. The fraction of sp³-hybridized carbons (Fsp3) is 0.176. The van der Waals surface area contributed by atoms with E-state index < -0.39 is 28.0 Å². The minimum absolute atomic E-state index is 0.104. The van der Waals surface area contributed by atoms with Crippen LogP contribution in [0.25, 0.3) is 0 Å². The maximum Gasteiger partial charge on any atom is 0.471 e. The van der Waals surface area contributed by atoms with Gasteiger partial charge in [-0.1, -0.05) is 0 Å². The predicted octanol–water partition coefficient (Wildman–Crippen LogP) is 1.58. The van der Waals surface area contributed by atoms with Crippen molar-refractivity contribution in [3.63, 3.8) is 0 Å². The Kier molecular flexibility index (Phi) is 5.85. The Morgan fingerprint density at radius 3 is 2.20 bits per heavy atom. The summed E-state index contributed by atoms with van der Waals surface area (Å²) in [6.45, 7) is 0.682. The van der Waals surface area contributed by atoms with Crippen molar-refractivity contribution in [1.82, 2.24) is 10.3 Å². The summed E-state index contributed by atoms with van der Waals surface area (Å²) in [4.78, 5) is 24.6. The van der Waals surface area contributed by atoms with Crippen LogP contribution in [0.15, 0.2) is 47.4 Å². The minimum atomic E-state index is -5.08. The van der Waals surface area contributed by atoms with E-state index in [1.165, 1.54) is 18.2 Å². The van der Waals surface area contributed by atoms with E-state index in [9.17, 15) is 31.2 Å². The SMILES string of the molecule is O=C(NNS(=O)(=O)c1ccc(NC(=O)C(F)(F)F)cc1)c1ccc2c(c1)OCCO2. The molecule has 1 aliphatic rings. The maximum absolute atomic E-state index is 12.3. The van der Waals surface area contributed by atoms with Gasteiger partial charge in [-0.15, -0.1) is 4.83 Å². The largest absolute Gasteiger partial charge is 0.486 e. The molecule has 0 saturated heterocycles. The van der Waals surface area contributed by atoms with Crippen molar-refractivity contribution < 1.29 is 40.7 Å². The number of hydrazine groups is 1. The van der Waals surface area contributed by atoms with E-state index >= 15 is 0 Å². The smallest absolute Gasteiger partial charge is 0.471 e. The van der Waals surface area contributed by atoms with E-state index in [1.54, 1.807) is 5.32 Å². The molecule has 0 spiro atoms. The van der Waals surface area contributed by atoms with Crippen LogP contribution in [0, 0.1) is 0 Å². The summed E-state index contributed by atoms with van der Waals surface area (Å²) in [7, 11) is -4.23. The quantitative estimate of drug-likeness (QED) is 0.601. The van der Waals surface area contributed by atoms with E-state index in [4.69, 9.17) is 9.47 Å².